The Balaban J connectivity index is 1.72. The molecule has 0 saturated carbocycles. The highest BCUT2D eigenvalue weighted by Gasteiger charge is 2.34. The van der Waals surface area contributed by atoms with Crippen molar-refractivity contribution in [1.29, 1.82) is 0 Å². The summed E-state index contributed by atoms with van der Waals surface area (Å²) in [6.07, 6.45) is 1.54. The second-order valence-electron chi connectivity index (χ2n) is 6.23. The number of hydrogen-bond acceptors (Lipinski definition) is 4. The fraction of sp³-hybridized carbons (Fsp3) is 0.529. The van der Waals surface area contributed by atoms with Gasteiger partial charge in [0, 0.05) is 6.54 Å². The minimum Gasteiger partial charge on any atom is -0.486 e. The first kappa shape index (κ1) is 15.6. The van der Waals surface area contributed by atoms with Gasteiger partial charge in [-0.1, -0.05) is 13.0 Å². The minimum atomic E-state index is -0.924. The number of fused-ring (bicyclic) bond motifs is 1. The number of amides is 1. The molecule has 23 heavy (non-hydrogen) atoms. The summed E-state index contributed by atoms with van der Waals surface area (Å²) in [5, 5.41) is 9.37. The van der Waals surface area contributed by atoms with E-state index in [1.807, 2.05) is 13.0 Å². The van der Waals surface area contributed by atoms with Crippen molar-refractivity contribution < 1.29 is 24.2 Å². The topological polar surface area (TPSA) is 76.1 Å². The molecule has 0 bridgehead atoms. The molecule has 6 heteroatoms. The van der Waals surface area contributed by atoms with Crippen LogP contribution >= 0.6 is 0 Å². The second kappa shape index (κ2) is 6.48. The molecule has 2 atom stereocenters. The van der Waals surface area contributed by atoms with Crippen molar-refractivity contribution in [2.75, 3.05) is 19.8 Å². The second-order valence-corrected chi connectivity index (χ2v) is 6.23. The highest BCUT2D eigenvalue weighted by Crippen LogP contribution is 2.31. The maximum absolute atomic E-state index is 12.5. The summed E-state index contributed by atoms with van der Waals surface area (Å²) in [7, 11) is 0. The molecular formula is C17H21NO5. The van der Waals surface area contributed by atoms with Crippen LogP contribution in [0.25, 0.3) is 0 Å². The summed E-state index contributed by atoms with van der Waals surface area (Å²) >= 11 is 0. The Morgan fingerprint density at radius 3 is 2.74 bits per heavy atom. The van der Waals surface area contributed by atoms with Crippen LogP contribution in [0.5, 0.6) is 11.5 Å². The van der Waals surface area contributed by atoms with Crippen LogP contribution in [0.3, 0.4) is 0 Å². The number of carboxylic acid groups (broad SMARTS) is 1. The fourth-order valence-electron chi connectivity index (χ4n) is 3.15. The van der Waals surface area contributed by atoms with Gasteiger partial charge in [-0.3, -0.25) is 4.79 Å². The Bertz CT molecular complexity index is 615. The van der Waals surface area contributed by atoms with Gasteiger partial charge in [0.15, 0.2) is 11.5 Å². The van der Waals surface area contributed by atoms with E-state index >= 15 is 0 Å². The van der Waals surface area contributed by atoms with Gasteiger partial charge in [-0.05, 0) is 36.5 Å². The van der Waals surface area contributed by atoms with Crippen molar-refractivity contribution in [2.45, 2.75) is 32.2 Å². The number of carboxylic acids is 1. The molecular weight excluding hydrogens is 298 g/mol. The zero-order valence-electron chi connectivity index (χ0n) is 13.2. The van der Waals surface area contributed by atoms with Gasteiger partial charge in [0.05, 0.1) is 6.42 Å². The predicted octanol–water partition coefficient (Wildman–Crippen LogP) is 1.71. The number of carbonyl (C=O) groups excluding carboxylic acids is 1. The molecule has 2 heterocycles. The third-order valence-corrected chi connectivity index (χ3v) is 4.43. The number of carbonyl (C=O) groups is 2. The van der Waals surface area contributed by atoms with E-state index in [-0.39, 0.29) is 12.3 Å². The van der Waals surface area contributed by atoms with Crippen LogP contribution in [0, 0.1) is 5.92 Å². The number of ether oxygens (including phenoxy) is 2. The number of likely N-dealkylation sites (tertiary alicyclic amines) is 1. The van der Waals surface area contributed by atoms with Crippen molar-refractivity contribution in [3.05, 3.63) is 23.8 Å². The quantitative estimate of drug-likeness (QED) is 0.918. The standard InChI is InChI=1S/C17H21NO5/c1-11-4-5-18(13(8-11)17(20)21)16(19)10-12-2-3-14-15(9-12)23-7-6-22-14/h2-3,9,11,13H,4-8,10H2,1H3,(H,20,21). The van der Waals surface area contributed by atoms with Gasteiger partial charge in [0.1, 0.15) is 19.3 Å². The van der Waals surface area contributed by atoms with Crippen molar-refractivity contribution in [3.63, 3.8) is 0 Å². The largest absolute Gasteiger partial charge is 0.486 e. The average Bonchev–Trinajstić information content (AvgIpc) is 2.54. The van der Waals surface area contributed by atoms with Gasteiger partial charge >= 0.3 is 5.97 Å². The number of hydrogen-bond donors (Lipinski definition) is 1. The molecule has 2 aliphatic heterocycles. The third kappa shape index (κ3) is 3.41. The number of aliphatic carboxylic acids is 1. The Kier molecular flexibility index (Phi) is 4.41. The van der Waals surface area contributed by atoms with Crippen molar-refractivity contribution in [3.8, 4) is 11.5 Å². The highest BCUT2D eigenvalue weighted by molar-refractivity contribution is 5.85. The molecule has 3 rings (SSSR count). The normalized spacial score (nSPS) is 23.4. The molecule has 2 aliphatic rings. The maximum Gasteiger partial charge on any atom is 0.326 e. The average molecular weight is 319 g/mol. The molecule has 0 radical (unpaired) electrons. The van der Waals surface area contributed by atoms with Crippen LogP contribution < -0.4 is 9.47 Å². The van der Waals surface area contributed by atoms with Crippen molar-refractivity contribution in [1.82, 2.24) is 4.90 Å². The van der Waals surface area contributed by atoms with E-state index in [4.69, 9.17) is 9.47 Å². The van der Waals surface area contributed by atoms with Crippen molar-refractivity contribution >= 4 is 11.9 Å². The molecule has 1 aromatic carbocycles. The van der Waals surface area contributed by atoms with E-state index < -0.39 is 12.0 Å². The van der Waals surface area contributed by atoms with Crippen LogP contribution in [0.4, 0.5) is 0 Å². The Hall–Kier alpha value is -2.24. The van der Waals surface area contributed by atoms with Gasteiger partial charge < -0.3 is 19.5 Å². The van der Waals surface area contributed by atoms with Gasteiger partial charge in [-0.25, -0.2) is 4.79 Å². The molecule has 0 spiro atoms. The van der Waals surface area contributed by atoms with Crippen molar-refractivity contribution in [2.24, 2.45) is 5.92 Å². The molecule has 0 aromatic heterocycles. The van der Waals surface area contributed by atoms with Crippen LogP contribution in [0.1, 0.15) is 25.3 Å². The predicted molar refractivity (Wildman–Crippen MR) is 82.7 cm³/mol. The molecule has 1 saturated heterocycles. The lowest BCUT2D eigenvalue weighted by molar-refractivity contribution is -0.152. The van der Waals surface area contributed by atoms with Crippen LogP contribution in [0.2, 0.25) is 0 Å². The molecule has 1 amide bonds. The van der Waals surface area contributed by atoms with Crippen LogP contribution in [-0.2, 0) is 16.0 Å². The Labute approximate surface area is 135 Å². The lowest BCUT2D eigenvalue weighted by Gasteiger charge is -2.36. The van der Waals surface area contributed by atoms with Gasteiger partial charge in [-0.15, -0.1) is 0 Å². The zero-order chi connectivity index (χ0) is 16.4. The first-order valence-electron chi connectivity index (χ1n) is 7.95. The minimum absolute atomic E-state index is 0.152. The van der Waals surface area contributed by atoms with E-state index in [1.165, 1.54) is 4.90 Å². The lowest BCUT2D eigenvalue weighted by atomic mass is 9.92. The van der Waals surface area contributed by atoms with E-state index in [0.717, 1.165) is 12.0 Å². The molecule has 124 valence electrons. The molecule has 1 N–H and O–H groups in total. The van der Waals surface area contributed by atoms with Gasteiger partial charge in [0.2, 0.25) is 5.91 Å². The molecule has 1 fully saturated rings. The highest BCUT2D eigenvalue weighted by atomic mass is 16.6. The first-order valence-corrected chi connectivity index (χ1v) is 7.95. The fourth-order valence-corrected chi connectivity index (χ4v) is 3.15. The summed E-state index contributed by atoms with van der Waals surface area (Å²) in [5.41, 5.74) is 0.807. The Morgan fingerprint density at radius 1 is 1.26 bits per heavy atom. The van der Waals surface area contributed by atoms with E-state index in [2.05, 4.69) is 0 Å². The van der Waals surface area contributed by atoms with E-state index in [1.54, 1.807) is 12.1 Å². The SMILES string of the molecule is CC1CCN(C(=O)Cc2ccc3c(c2)OCCO3)C(C(=O)O)C1. The number of benzene rings is 1. The molecule has 0 aliphatic carbocycles. The molecule has 1 aromatic rings. The monoisotopic (exact) mass is 319 g/mol. The van der Waals surface area contributed by atoms with E-state index in [9.17, 15) is 14.7 Å². The van der Waals surface area contributed by atoms with Crippen LogP contribution in [0.15, 0.2) is 18.2 Å². The summed E-state index contributed by atoms with van der Waals surface area (Å²) < 4.78 is 11.0. The Morgan fingerprint density at radius 2 is 2.00 bits per heavy atom. The van der Waals surface area contributed by atoms with Gasteiger partial charge in [0.25, 0.3) is 0 Å². The molecule has 6 nitrogen and oxygen atoms in total. The summed E-state index contributed by atoms with van der Waals surface area (Å²) in [6, 6.07) is 4.70. The van der Waals surface area contributed by atoms with E-state index in [0.29, 0.717) is 43.6 Å². The third-order valence-electron chi connectivity index (χ3n) is 4.43. The number of piperidine rings is 1. The smallest absolute Gasteiger partial charge is 0.326 e. The molecule has 2 unspecified atom stereocenters. The lowest BCUT2D eigenvalue weighted by Crippen LogP contribution is -2.50. The summed E-state index contributed by atoms with van der Waals surface area (Å²) in [5.74, 6) is 0.578. The summed E-state index contributed by atoms with van der Waals surface area (Å²) in [6.45, 7) is 3.55. The zero-order valence-corrected chi connectivity index (χ0v) is 13.2. The first-order chi connectivity index (χ1) is 11.0. The van der Waals surface area contributed by atoms with Gasteiger partial charge in [-0.2, -0.15) is 0 Å². The summed E-state index contributed by atoms with van der Waals surface area (Å²) in [4.78, 5) is 25.5. The maximum atomic E-state index is 12.5. The number of nitrogens with zero attached hydrogens (tertiary/aromatic N) is 1. The number of rotatable bonds is 3. The van der Waals surface area contributed by atoms with Crippen LogP contribution in [-0.4, -0.2) is 47.7 Å².